The highest BCUT2D eigenvalue weighted by Crippen LogP contribution is 2.23. The third-order valence-corrected chi connectivity index (χ3v) is 5.46. The minimum absolute atomic E-state index is 0.749. The number of rotatable bonds is 4. The molecule has 3 rings (SSSR count). The van der Waals surface area contributed by atoms with Crippen molar-refractivity contribution >= 4 is 0 Å². The molecule has 0 bridgehead atoms. The maximum atomic E-state index is 6.31. The maximum absolute atomic E-state index is 6.31. The second-order valence-electron chi connectivity index (χ2n) is 8.68. The Morgan fingerprint density at radius 2 is 1.08 bits per heavy atom. The van der Waals surface area contributed by atoms with Crippen LogP contribution in [0.25, 0.3) is 0 Å². The highest BCUT2D eigenvalue weighted by Gasteiger charge is 2.26. The minimum Gasteiger partial charge on any atom is -0.336 e. The average molecular weight is 335 g/mol. The molecule has 3 heterocycles. The lowest BCUT2D eigenvalue weighted by atomic mass is 9.92. The zero-order valence-electron chi connectivity index (χ0n) is 15.8. The Kier molecular flexibility index (Phi) is 5.45. The van der Waals surface area contributed by atoms with Crippen molar-refractivity contribution in [3.05, 3.63) is 11.6 Å². The molecular weight excluding hydrogens is 300 g/mol. The Morgan fingerprint density at radius 3 is 1.42 bits per heavy atom. The Morgan fingerprint density at radius 1 is 0.750 bits per heavy atom. The van der Waals surface area contributed by atoms with Crippen LogP contribution in [-0.4, -0.2) is 50.9 Å². The van der Waals surface area contributed by atoms with Crippen LogP contribution < -0.4 is 5.84 Å². The lowest BCUT2D eigenvalue weighted by Crippen LogP contribution is -2.40. The average Bonchev–Trinajstić information content (AvgIpc) is 2.78. The van der Waals surface area contributed by atoms with E-state index in [1.807, 2.05) is 0 Å². The Bertz CT molecular complexity index is 476. The predicted molar refractivity (Wildman–Crippen MR) is 96.6 cm³/mol. The van der Waals surface area contributed by atoms with Crippen molar-refractivity contribution in [3.63, 3.8) is 0 Å². The van der Waals surface area contributed by atoms with Gasteiger partial charge in [0.25, 0.3) is 0 Å². The van der Waals surface area contributed by atoms with Crippen LogP contribution in [0.1, 0.15) is 52.2 Å². The standard InChI is InChI=1S/C18H34N6/c1-13-5-14(2)8-22(7-13)11-17-20-21-18(24(17)19)12-23-9-15(3)6-16(4)10-23/h13-16H,5-12,19H2,1-4H3/t13-,14+,15-,16+. The second kappa shape index (κ2) is 7.40. The van der Waals surface area contributed by atoms with Crippen molar-refractivity contribution in [3.8, 4) is 0 Å². The molecule has 4 atom stereocenters. The van der Waals surface area contributed by atoms with Crippen molar-refractivity contribution < 1.29 is 0 Å². The molecule has 0 amide bonds. The van der Waals surface area contributed by atoms with E-state index < -0.39 is 0 Å². The van der Waals surface area contributed by atoms with Crippen LogP contribution in [0.5, 0.6) is 0 Å². The monoisotopic (exact) mass is 334 g/mol. The van der Waals surface area contributed by atoms with E-state index in [9.17, 15) is 0 Å². The van der Waals surface area contributed by atoms with E-state index in [1.54, 1.807) is 4.68 Å². The number of nitrogen functional groups attached to an aromatic ring is 1. The molecular formula is C18H34N6. The van der Waals surface area contributed by atoms with Crippen LogP contribution in [0.3, 0.4) is 0 Å². The van der Waals surface area contributed by atoms with Crippen LogP contribution in [0.4, 0.5) is 0 Å². The van der Waals surface area contributed by atoms with Gasteiger partial charge in [-0.2, -0.15) is 0 Å². The van der Waals surface area contributed by atoms with Crippen molar-refractivity contribution in [1.82, 2.24) is 24.7 Å². The van der Waals surface area contributed by atoms with Crippen LogP contribution in [0.15, 0.2) is 0 Å². The summed E-state index contributed by atoms with van der Waals surface area (Å²) in [6.45, 7) is 15.5. The van der Waals surface area contributed by atoms with Crippen molar-refractivity contribution in [2.24, 2.45) is 23.7 Å². The van der Waals surface area contributed by atoms with E-state index in [4.69, 9.17) is 5.84 Å². The molecule has 0 aromatic carbocycles. The molecule has 2 N–H and O–H groups in total. The lowest BCUT2D eigenvalue weighted by Gasteiger charge is -2.35. The SMILES string of the molecule is C[C@@H]1C[C@H](C)CN(Cc2nnc(CN3C[C@H](C)C[C@H](C)C3)n2N)C1. The van der Waals surface area contributed by atoms with E-state index in [-0.39, 0.29) is 0 Å². The second-order valence-corrected chi connectivity index (χ2v) is 8.68. The Labute approximate surface area is 146 Å². The predicted octanol–water partition coefficient (Wildman–Crippen LogP) is 1.95. The van der Waals surface area contributed by atoms with Gasteiger partial charge in [0.2, 0.25) is 0 Å². The highest BCUT2D eigenvalue weighted by atomic mass is 15.4. The summed E-state index contributed by atoms with van der Waals surface area (Å²) in [7, 11) is 0. The maximum Gasteiger partial charge on any atom is 0.165 e. The summed E-state index contributed by atoms with van der Waals surface area (Å²) in [6, 6.07) is 0. The summed E-state index contributed by atoms with van der Waals surface area (Å²) in [5, 5.41) is 8.77. The van der Waals surface area contributed by atoms with Crippen LogP contribution in [0, 0.1) is 23.7 Å². The van der Waals surface area contributed by atoms with E-state index in [1.165, 1.54) is 12.8 Å². The number of likely N-dealkylation sites (tertiary alicyclic amines) is 2. The van der Waals surface area contributed by atoms with Crippen molar-refractivity contribution in [2.75, 3.05) is 32.0 Å². The van der Waals surface area contributed by atoms with Gasteiger partial charge in [-0.15, -0.1) is 10.2 Å². The van der Waals surface area contributed by atoms with Gasteiger partial charge in [0.1, 0.15) is 0 Å². The third-order valence-electron chi connectivity index (χ3n) is 5.46. The smallest absolute Gasteiger partial charge is 0.165 e. The molecule has 24 heavy (non-hydrogen) atoms. The first-order valence-electron chi connectivity index (χ1n) is 9.53. The van der Waals surface area contributed by atoms with Crippen LogP contribution in [-0.2, 0) is 13.1 Å². The molecule has 0 saturated carbocycles. The molecule has 1 aromatic heterocycles. The fourth-order valence-electron chi connectivity index (χ4n) is 4.82. The Hall–Kier alpha value is -1.14. The van der Waals surface area contributed by atoms with Crippen LogP contribution in [0.2, 0.25) is 0 Å². The van der Waals surface area contributed by atoms with Gasteiger partial charge in [-0.25, -0.2) is 4.68 Å². The number of hydrogen-bond acceptors (Lipinski definition) is 5. The minimum atomic E-state index is 0.749. The summed E-state index contributed by atoms with van der Waals surface area (Å²) < 4.78 is 1.73. The number of nitrogens with zero attached hydrogens (tertiary/aromatic N) is 5. The zero-order valence-corrected chi connectivity index (χ0v) is 15.8. The summed E-state index contributed by atoms with van der Waals surface area (Å²) in [6.07, 6.45) is 2.64. The van der Waals surface area contributed by atoms with Gasteiger partial charge in [0, 0.05) is 26.2 Å². The number of hydrogen-bond donors (Lipinski definition) is 1. The first kappa shape index (κ1) is 17.7. The van der Waals surface area contributed by atoms with Gasteiger partial charge in [-0.3, -0.25) is 9.80 Å². The van der Waals surface area contributed by atoms with E-state index in [0.717, 1.165) is 74.6 Å². The molecule has 0 radical (unpaired) electrons. The first-order chi connectivity index (χ1) is 11.4. The first-order valence-corrected chi connectivity index (χ1v) is 9.53. The van der Waals surface area contributed by atoms with Gasteiger partial charge in [-0.05, 0) is 36.5 Å². The topological polar surface area (TPSA) is 63.2 Å². The number of nitrogens with two attached hydrogens (primary N) is 1. The van der Waals surface area contributed by atoms with Crippen LogP contribution >= 0.6 is 0 Å². The van der Waals surface area contributed by atoms with E-state index in [0.29, 0.717) is 0 Å². The summed E-state index contributed by atoms with van der Waals surface area (Å²) in [4.78, 5) is 4.95. The van der Waals surface area contributed by atoms with E-state index >= 15 is 0 Å². The van der Waals surface area contributed by atoms with Crippen molar-refractivity contribution in [1.29, 1.82) is 0 Å². The molecule has 136 valence electrons. The molecule has 0 aliphatic carbocycles. The van der Waals surface area contributed by atoms with Crippen molar-refractivity contribution in [2.45, 2.75) is 53.6 Å². The highest BCUT2D eigenvalue weighted by molar-refractivity contribution is 4.97. The van der Waals surface area contributed by atoms with Gasteiger partial charge >= 0.3 is 0 Å². The molecule has 2 saturated heterocycles. The third kappa shape index (κ3) is 4.28. The summed E-state index contributed by atoms with van der Waals surface area (Å²) in [5.41, 5.74) is 0. The molecule has 0 spiro atoms. The lowest BCUT2D eigenvalue weighted by molar-refractivity contribution is 0.127. The molecule has 6 heteroatoms. The molecule has 0 unspecified atom stereocenters. The fraction of sp³-hybridized carbons (Fsp3) is 0.889. The number of aromatic nitrogens is 3. The quantitative estimate of drug-likeness (QED) is 0.853. The largest absolute Gasteiger partial charge is 0.336 e. The molecule has 2 fully saturated rings. The molecule has 1 aromatic rings. The summed E-state index contributed by atoms with van der Waals surface area (Å²) >= 11 is 0. The normalized spacial score (nSPS) is 33.0. The van der Waals surface area contributed by atoms with Gasteiger partial charge < -0.3 is 5.84 Å². The van der Waals surface area contributed by atoms with Gasteiger partial charge in [0.05, 0.1) is 13.1 Å². The van der Waals surface area contributed by atoms with E-state index in [2.05, 4.69) is 47.7 Å². The zero-order chi connectivity index (χ0) is 17.3. The van der Waals surface area contributed by atoms with Gasteiger partial charge in [0.15, 0.2) is 11.6 Å². The molecule has 2 aliphatic heterocycles. The van der Waals surface area contributed by atoms with Gasteiger partial charge in [-0.1, -0.05) is 27.7 Å². The number of piperidine rings is 2. The molecule has 6 nitrogen and oxygen atoms in total. The summed E-state index contributed by atoms with van der Waals surface area (Å²) in [5.74, 6) is 11.1. The molecule has 2 aliphatic rings. The Balaban J connectivity index is 1.61. The fourth-order valence-corrected chi connectivity index (χ4v) is 4.82.